The molecule has 1 saturated heterocycles. The van der Waals surface area contributed by atoms with E-state index in [0.29, 0.717) is 55.9 Å². The number of fused-ring (bicyclic) bond motifs is 2. The molecule has 216 valence electrons. The highest BCUT2D eigenvalue weighted by atomic mass is 16.5. The van der Waals surface area contributed by atoms with Crippen LogP contribution in [-0.2, 0) is 16.7 Å². The number of anilines is 1. The maximum Gasteiger partial charge on any atom is 0.337 e. The molecule has 0 radical (unpaired) electrons. The van der Waals surface area contributed by atoms with Crippen LogP contribution < -0.4 is 10.6 Å². The SMILES string of the molecule is COC(=O)c1cccc(C(=O)N2CC3(CCN(C(=O)c4ccc(C#Cc5ccccc5)o4)CC3)c3cc(CN)ccc32)c1. The lowest BCUT2D eigenvalue weighted by Gasteiger charge is -2.39. The zero-order chi connectivity index (χ0) is 30.0. The number of ether oxygens (including phenoxy) is 1. The molecular formula is C35H31N3O5. The molecule has 1 aromatic heterocycles. The first-order valence-electron chi connectivity index (χ1n) is 14.2. The van der Waals surface area contributed by atoms with Crippen molar-refractivity contribution in [2.75, 3.05) is 31.6 Å². The van der Waals surface area contributed by atoms with Crippen LogP contribution >= 0.6 is 0 Å². The smallest absolute Gasteiger partial charge is 0.337 e. The van der Waals surface area contributed by atoms with Gasteiger partial charge in [-0.15, -0.1) is 0 Å². The highest BCUT2D eigenvalue weighted by Crippen LogP contribution is 2.48. The van der Waals surface area contributed by atoms with Crippen molar-refractivity contribution in [3.63, 3.8) is 0 Å². The Morgan fingerprint density at radius 2 is 1.65 bits per heavy atom. The Labute approximate surface area is 250 Å². The third-order valence-corrected chi connectivity index (χ3v) is 8.32. The first-order chi connectivity index (χ1) is 20.9. The number of rotatable bonds is 4. The van der Waals surface area contributed by atoms with Crippen molar-refractivity contribution in [1.29, 1.82) is 0 Å². The number of hydrogen-bond donors (Lipinski definition) is 1. The van der Waals surface area contributed by atoms with E-state index in [0.717, 1.165) is 22.4 Å². The Bertz CT molecular complexity index is 1760. The molecule has 2 N–H and O–H groups in total. The molecule has 2 amide bonds. The van der Waals surface area contributed by atoms with E-state index in [1.165, 1.54) is 7.11 Å². The normalized spacial score (nSPS) is 15.0. The van der Waals surface area contributed by atoms with E-state index in [1.54, 1.807) is 46.2 Å². The van der Waals surface area contributed by atoms with Crippen molar-refractivity contribution in [2.45, 2.75) is 24.8 Å². The highest BCUT2D eigenvalue weighted by Gasteiger charge is 2.47. The standard InChI is InChI=1S/C35H31N3O5/c1-42-34(41)27-9-5-8-26(21-27)32(39)38-23-35(29-20-25(22-36)11-14-30(29)38)16-18-37(19-17-35)33(40)31-15-13-28(43-31)12-10-24-6-3-2-4-7-24/h2-9,11,13-15,20-21H,16-19,22-23,36H2,1H3. The predicted octanol–water partition coefficient (Wildman–Crippen LogP) is 4.76. The molecule has 8 heteroatoms. The summed E-state index contributed by atoms with van der Waals surface area (Å²) in [5.41, 5.74) is 10.1. The summed E-state index contributed by atoms with van der Waals surface area (Å²) in [5.74, 6) is 5.86. The number of likely N-dealkylation sites (tertiary alicyclic amines) is 1. The van der Waals surface area contributed by atoms with Crippen molar-refractivity contribution in [1.82, 2.24) is 4.90 Å². The van der Waals surface area contributed by atoms with E-state index < -0.39 is 5.97 Å². The molecule has 6 rings (SSSR count). The first-order valence-corrected chi connectivity index (χ1v) is 14.2. The number of amides is 2. The van der Waals surface area contributed by atoms with Crippen molar-refractivity contribution >= 4 is 23.5 Å². The Hall–Kier alpha value is -5.13. The van der Waals surface area contributed by atoms with Gasteiger partial charge in [0.1, 0.15) is 0 Å². The molecule has 0 saturated carbocycles. The van der Waals surface area contributed by atoms with Crippen LogP contribution in [0.5, 0.6) is 0 Å². The van der Waals surface area contributed by atoms with E-state index in [-0.39, 0.29) is 23.0 Å². The molecule has 3 heterocycles. The molecule has 1 spiro atoms. The van der Waals surface area contributed by atoms with Crippen LogP contribution in [-0.4, -0.2) is 49.4 Å². The van der Waals surface area contributed by atoms with E-state index in [9.17, 15) is 14.4 Å². The fourth-order valence-electron chi connectivity index (χ4n) is 5.97. The second-order valence-electron chi connectivity index (χ2n) is 10.9. The number of carbonyl (C=O) groups is 3. The largest absolute Gasteiger partial charge is 0.465 e. The van der Waals surface area contributed by atoms with Crippen molar-refractivity contribution in [3.05, 3.63) is 124 Å². The summed E-state index contributed by atoms with van der Waals surface area (Å²) >= 11 is 0. The third-order valence-electron chi connectivity index (χ3n) is 8.32. The van der Waals surface area contributed by atoms with Crippen LogP contribution in [0.15, 0.2) is 89.3 Å². The Morgan fingerprint density at radius 3 is 2.40 bits per heavy atom. The summed E-state index contributed by atoms with van der Waals surface area (Å²) in [5, 5.41) is 0. The summed E-state index contributed by atoms with van der Waals surface area (Å²) in [4.78, 5) is 42.9. The van der Waals surface area contributed by atoms with Gasteiger partial charge in [0.15, 0.2) is 11.5 Å². The van der Waals surface area contributed by atoms with Gasteiger partial charge in [0.05, 0.1) is 12.7 Å². The molecule has 2 aliphatic rings. The molecule has 43 heavy (non-hydrogen) atoms. The maximum absolute atomic E-state index is 13.8. The highest BCUT2D eigenvalue weighted by molar-refractivity contribution is 6.09. The molecule has 0 aliphatic carbocycles. The molecule has 2 aliphatic heterocycles. The van der Waals surface area contributed by atoms with E-state index in [4.69, 9.17) is 14.9 Å². The van der Waals surface area contributed by atoms with Gasteiger partial charge in [0.25, 0.3) is 11.8 Å². The molecule has 0 unspecified atom stereocenters. The van der Waals surface area contributed by atoms with Gasteiger partial charge in [-0.25, -0.2) is 4.79 Å². The molecule has 8 nitrogen and oxygen atoms in total. The maximum atomic E-state index is 13.8. The lowest BCUT2D eigenvalue weighted by Crippen LogP contribution is -2.47. The van der Waals surface area contributed by atoms with Crippen LogP contribution in [0.4, 0.5) is 5.69 Å². The minimum absolute atomic E-state index is 0.177. The zero-order valence-electron chi connectivity index (χ0n) is 23.8. The van der Waals surface area contributed by atoms with Gasteiger partial charge in [-0.1, -0.05) is 42.3 Å². The average molecular weight is 574 g/mol. The predicted molar refractivity (Wildman–Crippen MR) is 162 cm³/mol. The summed E-state index contributed by atoms with van der Waals surface area (Å²) < 4.78 is 10.6. The quantitative estimate of drug-likeness (QED) is 0.279. The van der Waals surface area contributed by atoms with Crippen LogP contribution in [0.2, 0.25) is 0 Å². The molecular weight excluding hydrogens is 542 g/mol. The number of benzene rings is 3. The van der Waals surface area contributed by atoms with Gasteiger partial charge in [-0.3, -0.25) is 9.59 Å². The fourth-order valence-corrected chi connectivity index (χ4v) is 5.97. The number of methoxy groups -OCH3 is 1. The van der Waals surface area contributed by atoms with Gasteiger partial charge < -0.3 is 24.7 Å². The van der Waals surface area contributed by atoms with E-state index in [1.807, 2.05) is 42.5 Å². The molecule has 0 bridgehead atoms. The van der Waals surface area contributed by atoms with Gasteiger partial charge in [0, 0.05) is 48.4 Å². The third kappa shape index (κ3) is 5.43. The summed E-state index contributed by atoms with van der Waals surface area (Å²) in [6.45, 7) is 1.88. The van der Waals surface area contributed by atoms with Gasteiger partial charge in [-0.05, 0) is 78.4 Å². The van der Waals surface area contributed by atoms with Gasteiger partial charge in [0.2, 0.25) is 0 Å². The van der Waals surface area contributed by atoms with Crippen LogP contribution in [0.1, 0.15) is 66.6 Å². The summed E-state index contributed by atoms with van der Waals surface area (Å²) in [6, 6.07) is 25.5. The van der Waals surface area contributed by atoms with Crippen LogP contribution in [0.3, 0.4) is 0 Å². The second kappa shape index (κ2) is 11.6. The fraction of sp³-hybridized carbons (Fsp3) is 0.229. The summed E-state index contributed by atoms with van der Waals surface area (Å²) in [7, 11) is 1.31. The minimum Gasteiger partial charge on any atom is -0.465 e. The lowest BCUT2D eigenvalue weighted by molar-refractivity contribution is 0.0599. The minimum atomic E-state index is -0.496. The van der Waals surface area contributed by atoms with Crippen molar-refractivity contribution in [2.24, 2.45) is 5.73 Å². The number of furan rings is 1. The number of esters is 1. The lowest BCUT2D eigenvalue weighted by atomic mass is 9.74. The number of piperidine rings is 1. The Kier molecular flexibility index (Phi) is 7.58. The number of carbonyl (C=O) groups excluding carboxylic acids is 3. The number of hydrogen-bond acceptors (Lipinski definition) is 6. The first kappa shape index (κ1) is 28.0. The molecule has 1 fully saturated rings. The summed E-state index contributed by atoms with van der Waals surface area (Å²) in [6.07, 6.45) is 1.35. The van der Waals surface area contributed by atoms with Gasteiger partial charge >= 0.3 is 5.97 Å². The Morgan fingerprint density at radius 1 is 0.884 bits per heavy atom. The molecule has 3 aromatic carbocycles. The van der Waals surface area contributed by atoms with Crippen LogP contribution in [0.25, 0.3) is 0 Å². The number of nitrogens with zero attached hydrogens (tertiary/aromatic N) is 2. The topological polar surface area (TPSA) is 106 Å². The van der Waals surface area contributed by atoms with Crippen molar-refractivity contribution in [3.8, 4) is 11.8 Å². The van der Waals surface area contributed by atoms with E-state index in [2.05, 4.69) is 17.9 Å². The molecule has 0 atom stereocenters. The second-order valence-corrected chi connectivity index (χ2v) is 10.9. The Balaban J connectivity index is 1.21. The number of nitrogens with two attached hydrogens (primary N) is 1. The molecule has 4 aromatic rings. The van der Waals surface area contributed by atoms with E-state index >= 15 is 0 Å². The average Bonchev–Trinajstić information content (AvgIpc) is 3.66. The van der Waals surface area contributed by atoms with Crippen molar-refractivity contribution < 1.29 is 23.5 Å². The monoisotopic (exact) mass is 573 g/mol. The van der Waals surface area contributed by atoms with Crippen LogP contribution in [0, 0.1) is 11.8 Å². The van der Waals surface area contributed by atoms with Gasteiger partial charge in [-0.2, -0.15) is 0 Å². The zero-order valence-corrected chi connectivity index (χ0v) is 23.8.